The van der Waals surface area contributed by atoms with Crippen LogP contribution in [0, 0.1) is 0 Å². The van der Waals surface area contributed by atoms with Gasteiger partial charge >= 0.3 is 0 Å². The minimum Gasteiger partial charge on any atom is -0.0733 e. The van der Waals surface area contributed by atoms with Gasteiger partial charge in [-0.1, -0.05) is 51.2 Å². The van der Waals surface area contributed by atoms with Crippen molar-refractivity contribution in [3.8, 4) is 0 Å². The van der Waals surface area contributed by atoms with E-state index in [1.54, 1.807) is 11.1 Å². The van der Waals surface area contributed by atoms with Crippen molar-refractivity contribution < 1.29 is 0 Å². The highest BCUT2D eigenvalue weighted by atomic mass is 28.3. The predicted molar refractivity (Wildman–Crippen MR) is 72.7 cm³/mol. The van der Waals surface area contributed by atoms with Crippen molar-refractivity contribution in [2.75, 3.05) is 0 Å². The van der Waals surface area contributed by atoms with Gasteiger partial charge in [0.2, 0.25) is 0 Å². The van der Waals surface area contributed by atoms with E-state index < -0.39 is 8.07 Å². The molecule has 0 aromatic rings. The van der Waals surface area contributed by atoms with Crippen molar-refractivity contribution in [1.82, 2.24) is 0 Å². The molecule has 15 heavy (non-hydrogen) atoms. The van der Waals surface area contributed by atoms with Crippen LogP contribution in [0.4, 0.5) is 0 Å². The van der Waals surface area contributed by atoms with Crippen molar-refractivity contribution in [2.45, 2.75) is 66.5 Å². The minimum atomic E-state index is -1.21. The second-order valence-corrected chi connectivity index (χ2v) is 9.41. The van der Waals surface area contributed by atoms with Crippen LogP contribution in [-0.4, -0.2) is 8.07 Å². The Morgan fingerprint density at radius 1 is 0.667 bits per heavy atom. The fourth-order valence-corrected chi connectivity index (χ4v) is 7.76. The first-order chi connectivity index (χ1) is 7.04. The first-order valence-corrected chi connectivity index (χ1v) is 9.49. The van der Waals surface area contributed by atoms with Crippen LogP contribution in [0.15, 0.2) is 21.5 Å². The van der Waals surface area contributed by atoms with E-state index in [1.807, 2.05) is 10.4 Å². The van der Waals surface area contributed by atoms with Crippen LogP contribution >= 0.6 is 0 Å². The Balaban J connectivity index is 3.31. The van der Waals surface area contributed by atoms with Crippen LogP contribution < -0.4 is 0 Å². The molecule has 1 aliphatic rings. The molecule has 0 fully saturated rings. The molecule has 0 N–H and O–H groups in total. The van der Waals surface area contributed by atoms with Crippen molar-refractivity contribution in [3.05, 3.63) is 21.5 Å². The Morgan fingerprint density at radius 3 is 1.20 bits per heavy atom. The molecule has 0 spiro atoms. The van der Waals surface area contributed by atoms with Gasteiger partial charge in [0.05, 0.1) is 0 Å². The van der Waals surface area contributed by atoms with E-state index in [1.165, 1.54) is 25.7 Å². The molecule has 0 amide bonds. The summed E-state index contributed by atoms with van der Waals surface area (Å²) >= 11 is 0. The van der Waals surface area contributed by atoms with Crippen LogP contribution in [-0.2, 0) is 0 Å². The number of rotatable bonds is 4. The average Bonchev–Trinajstić information content (AvgIpc) is 2.43. The summed E-state index contributed by atoms with van der Waals surface area (Å²) in [6.07, 6.45) is 5.03. The van der Waals surface area contributed by atoms with Crippen molar-refractivity contribution in [3.63, 3.8) is 0 Å². The summed E-state index contributed by atoms with van der Waals surface area (Å²) in [7, 11) is -1.21. The van der Waals surface area contributed by atoms with E-state index in [0.29, 0.717) is 0 Å². The molecule has 1 rings (SSSR count). The van der Waals surface area contributed by atoms with Gasteiger partial charge in [0, 0.05) is 0 Å². The van der Waals surface area contributed by atoms with E-state index >= 15 is 0 Å². The van der Waals surface area contributed by atoms with Gasteiger partial charge in [0.1, 0.15) is 8.07 Å². The summed E-state index contributed by atoms with van der Waals surface area (Å²) in [5, 5.41) is 3.66. The molecule has 0 unspecified atom stereocenters. The molecule has 0 aliphatic carbocycles. The van der Waals surface area contributed by atoms with Crippen molar-refractivity contribution in [1.29, 1.82) is 0 Å². The molecular formula is C14H26Si. The zero-order chi connectivity index (χ0) is 11.6. The lowest BCUT2D eigenvalue weighted by molar-refractivity contribution is 0.985. The highest BCUT2D eigenvalue weighted by molar-refractivity contribution is 6.91. The van der Waals surface area contributed by atoms with Gasteiger partial charge in [-0.05, 0) is 36.8 Å². The predicted octanol–water partition coefficient (Wildman–Crippen LogP) is 5.02. The second kappa shape index (κ2) is 4.69. The molecule has 0 bridgehead atoms. The first-order valence-electron chi connectivity index (χ1n) is 6.49. The third kappa shape index (κ3) is 1.87. The third-order valence-corrected chi connectivity index (χ3v) is 8.34. The maximum atomic E-state index is 2.54. The summed E-state index contributed by atoms with van der Waals surface area (Å²) in [6.45, 7) is 14.4. The van der Waals surface area contributed by atoms with Gasteiger partial charge in [-0.25, -0.2) is 0 Å². The maximum Gasteiger partial charge on any atom is 0.103 e. The van der Waals surface area contributed by atoms with Crippen LogP contribution in [0.1, 0.15) is 53.4 Å². The second-order valence-electron chi connectivity index (χ2n) is 4.95. The average molecular weight is 222 g/mol. The number of hydrogen-bond donors (Lipinski definition) is 0. The number of hydrogen-bond acceptors (Lipinski definition) is 0. The van der Waals surface area contributed by atoms with Crippen molar-refractivity contribution >= 4 is 8.07 Å². The molecule has 0 saturated carbocycles. The van der Waals surface area contributed by atoms with E-state index in [4.69, 9.17) is 0 Å². The molecule has 0 saturated heterocycles. The van der Waals surface area contributed by atoms with Crippen LogP contribution in [0.3, 0.4) is 0 Å². The fraction of sp³-hybridized carbons (Fsp3) is 0.714. The standard InChI is InChI=1S/C14H26Si/c1-7-11-12(8-2)14(10-4)15(5,6)13(11)9-3/h7-10H2,1-6H3. The van der Waals surface area contributed by atoms with E-state index in [0.717, 1.165) is 0 Å². The lowest BCUT2D eigenvalue weighted by Gasteiger charge is -2.24. The normalized spacial score (nSPS) is 20.4. The Morgan fingerprint density at radius 2 is 1.00 bits per heavy atom. The lowest BCUT2D eigenvalue weighted by atomic mass is 9.99. The highest BCUT2D eigenvalue weighted by Crippen LogP contribution is 2.44. The third-order valence-electron chi connectivity index (χ3n) is 4.02. The Hall–Kier alpha value is -0.303. The van der Waals surface area contributed by atoms with Gasteiger partial charge in [0.15, 0.2) is 0 Å². The summed E-state index contributed by atoms with van der Waals surface area (Å²) in [5.74, 6) is 0. The fourth-order valence-electron chi connectivity index (χ4n) is 3.47. The van der Waals surface area contributed by atoms with Crippen LogP contribution in [0.5, 0.6) is 0 Å². The van der Waals surface area contributed by atoms with E-state index in [2.05, 4.69) is 40.8 Å². The molecule has 1 heterocycles. The van der Waals surface area contributed by atoms with Gasteiger partial charge in [-0.3, -0.25) is 0 Å². The molecule has 0 radical (unpaired) electrons. The molecule has 0 atom stereocenters. The summed E-state index contributed by atoms with van der Waals surface area (Å²) in [6, 6.07) is 0. The van der Waals surface area contributed by atoms with Crippen molar-refractivity contribution in [2.24, 2.45) is 0 Å². The molecular weight excluding hydrogens is 196 g/mol. The maximum absolute atomic E-state index is 2.54. The van der Waals surface area contributed by atoms with Crippen LogP contribution in [0.25, 0.3) is 0 Å². The van der Waals surface area contributed by atoms with E-state index in [9.17, 15) is 0 Å². The SMILES string of the molecule is CCC1=C(CC)[Si](C)(C)C(CC)=C1CC. The Bertz CT molecular complexity index is 275. The number of allylic oxidation sites excluding steroid dienone is 4. The monoisotopic (exact) mass is 222 g/mol. The van der Waals surface area contributed by atoms with Gasteiger partial charge in [-0.15, -0.1) is 0 Å². The highest BCUT2D eigenvalue weighted by Gasteiger charge is 2.37. The topological polar surface area (TPSA) is 0 Å². The van der Waals surface area contributed by atoms with Gasteiger partial charge < -0.3 is 0 Å². The smallest absolute Gasteiger partial charge is 0.0733 e. The van der Waals surface area contributed by atoms with Gasteiger partial charge in [0.25, 0.3) is 0 Å². The molecule has 1 aliphatic heterocycles. The molecule has 0 aromatic carbocycles. The zero-order valence-corrected chi connectivity index (χ0v) is 12.3. The van der Waals surface area contributed by atoms with Crippen LogP contribution in [0.2, 0.25) is 13.1 Å². The largest absolute Gasteiger partial charge is 0.103 e. The molecule has 86 valence electrons. The Labute approximate surface area is 96.5 Å². The Kier molecular flexibility index (Phi) is 3.99. The lowest BCUT2D eigenvalue weighted by Crippen LogP contribution is -2.29. The van der Waals surface area contributed by atoms with E-state index in [-0.39, 0.29) is 0 Å². The summed E-state index contributed by atoms with van der Waals surface area (Å²) in [5.41, 5.74) is 3.46. The summed E-state index contributed by atoms with van der Waals surface area (Å²) < 4.78 is 0. The summed E-state index contributed by atoms with van der Waals surface area (Å²) in [4.78, 5) is 0. The van der Waals surface area contributed by atoms with Gasteiger partial charge in [-0.2, -0.15) is 0 Å². The zero-order valence-electron chi connectivity index (χ0n) is 11.3. The quantitative estimate of drug-likeness (QED) is 0.586. The first kappa shape index (κ1) is 12.8. The molecule has 0 aromatic heterocycles. The molecule has 0 nitrogen and oxygen atoms in total. The molecule has 1 heteroatoms. The minimum absolute atomic E-state index is 1.21.